The van der Waals surface area contributed by atoms with E-state index in [1.807, 2.05) is 18.2 Å². The molecule has 1 aromatic rings. The average molecular weight is 292 g/mol. The standard InChI is InChI=1S/C12H16BrClO/c1-8(2)11(7-13)10-6-9(14)4-5-12(10)15-3/h4-6,8,11H,7H2,1-3H3. The lowest BCUT2D eigenvalue weighted by Gasteiger charge is -2.21. The third kappa shape index (κ3) is 3.12. The second-order valence-electron chi connectivity index (χ2n) is 3.89. The first-order valence-corrected chi connectivity index (χ1v) is 6.49. The maximum atomic E-state index is 6.01. The molecule has 0 bridgehead atoms. The Kier molecular flexibility index (Phi) is 4.94. The van der Waals surface area contributed by atoms with Crippen LogP contribution in [-0.4, -0.2) is 12.4 Å². The van der Waals surface area contributed by atoms with Gasteiger partial charge in [0.05, 0.1) is 7.11 Å². The van der Waals surface area contributed by atoms with E-state index in [9.17, 15) is 0 Å². The van der Waals surface area contributed by atoms with Crippen molar-refractivity contribution in [2.45, 2.75) is 19.8 Å². The number of benzene rings is 1. The average Bonchev–Trinajstić information content (AvgIpc) is 2.18. The number of alkyl halides is 1. The maximum absolute atomic E-state index is 6.01. The number of hydrogen-bond donors (Lipinski definition) is 0. The van der Waals surface area contributed by atoms with Gasteiger partial charge in [-0.25, -0.2) is 0 Å². The summed E-state index contributed by atoms with van der Waals surface area (Å²) in [4.78, 5) is 0. The van der Waals surface area contributed by atoms with E-state index in [1.165, 1.54) is 5.56 Å². The number of ether oxygens (including phenoxy) is 1. The van der Waals surface area contributed by atoms with Crippen molar-refractivity contribution in [2.75, 3.05) is 12.4 Å². The third-order valence-electron chi connectivity index (χ3n) is 2.56. The van der Waals surface area contributed by atoms with E-state index >= 15 is 0 Å². The Morgan fingerprint density at radius 1 is 1.40 bits per heavy atom. The normalized spacial score (nSPS) is 12.9. The topological polar surface area (TPSA) is 9.23 Å². The highest BCUT2D eigenvalue weighted by Crippen LogP contribution is 2.34. The van der Waals surface area contributed by atoms with E-state index in [4.69, 9.17) is 16.3 Å². The molecule has 0 fully saturated rings. The predicted octanol–water partition coefficient (Wildman–Crippen LogP) is 4.48. The fraction of sp³-hybridized carbons (Fsp3) is 0.500. The van der Waals surface area contributed by atoms with Gasteiger partial charge in [0.2, 0.25) is 0 Å². The monoisotopic (exact) mass is 290 g/mol. The first kappa shape index (κ1) is 12.9. The molecule has 0 aliphatic heterocycles. The molecule has 1 unspecified atom stereocenters. The van der Waals surface area contributed by atoms with Crippen molar-refractivity contribution in [1.29, 1.82) is 0 Å². The molecule has 15 heavy (non-hydrogen) atoms. The molecule has 3 heteroatoms. The van der Waals surface area contributed by atoms with Crippen LogP contribution >= 0.6 is 27.5 Å². The Morgan fingerprint density at radius 2 is 2.07 bits per heavy atom. The van der Waals surface area contributed by atoms with Crippen molar-refractivity contribution in [2.24, 2.45) is 5.92 Å². The van der Waals surface area contributed by atoms with Gasteiger partial charge in [0.25, 0.3) is 0 Å². The molecule has 0 aromatic heterocycles. The number of rotatable bonds is 4. The van der Waals surface area contributed by atoms with Crippen molar-refractivity contribution in [3.8, 4) is 5.75 Å². The van der Waals surface area contributed by atoms with Crippen molar-refractivity contribution >= 4 is 27.5 Å². The van der Waals surface area contributed by atoms with E-state index in [0.717, 1.165) is 16.1 Å². The highest BCUT2D eigenvalue weighted by atomic mass is 79.9. The summed E-state index contributed by atoms with van der Waals surface area (Å²) in [7, 11) is 1.69. The zero-order chi connectivity index (χ0) is 11.4. The zero-order valence-corrected chi connectivity index (χ0v) is 11.6. The van der Waals surface area contributed by atoms with Crippen LogP contribution in [0.15, 0.2) is 18.2 Å². The van der Waals surface area contributed by atoms with Crippen LogP contribution < -0.4 is 4.74 Å². The minimum Gasteiger partial charge on any atom is -0.496 e. The van der Waals surface area contributed by atoms with Gasteiger partial charge >= 0.3 is 0 Å². The molecule has 0 N–H and O–H groups in total. The van der Waals surface area contributed by atoms with Crippen LogP contribution in [0.25, 0.3) is 0 Å². The molecule has 0 aliphatic rings. The van der Waals surface area contributed by atoms with E-state index in [0.29, 0.717) is 11.8 Å². The first-order chi connectivity index (χ1) is 7.10. The minimum atomic E-state index is 0.429. The number of hydrogen-bond acceptors (Lipinski definition) is 1. The maximum Gasteiger partial charge on any atom is 0.122 e. The quantitative estimate of drug-likeness (QED) is 0.743. The first-order valence-electron chi connectivity index (χ1n) is 4.99. The lowest BCUT2D eigenvalue weighted by Crippen LogP contribution is -2.09. The van der Waals surface area contributed by atoms with Gasteiger partial charge in [-0.3, -0.25) is 0 Å². The molecule has 1 nitrogen and oxygen atoms in total. The summed E-state index contributed by atoms with van der Waals surface area (Å²) >= 11 is 9.55. The molecular formula is C12H16BrClO. The van der Waals surface area contributed by atoms with Crippen LogP contribution in [-0.2, 0) is 0 Å². The zero-order valence-electron chi connectivity index (χ0n) is 9.26. The van der Waals surface area contributed by atoms with E-state index in [-0.39, 0.29) is 0 Å². The van der Waals surface area contributed by atoms with Crippen molar-refractivity contribution in [3.63, 3.8) is 0 Å². The molecule has 0 amide bonds. The van der Waals surface area contributed by atoms with Crippen molar-refractivity contribution < 1.29 is 4.74 Å². The lowest BCUT2D eigenvalue weighted by atomic mass is 9.90. The van der Waals surface area contributed by atoms with Crippen LogP contribution in [0.1, 0.15) is 25.3 Å². The molecular weight excluding hydrogens is 275 g/mol. The fourth-order valence-electron chi connectivity index (χ4n) is 1.62. The Balaban J connectivity index is 3.13. The highest BCUT2D eigenvalue weighted by molar-refractivity contribution is 9.09. The predicted molar refractivity (Wildman–Crippen MR) is 69.4 cm³/mol. The molecule has 0 saturated heterocycles. The second-order valence-corrected chi connectivity index (χ2v) is 4.98. The summed E-state index contributed by atoms with van der Waals surface area (Å²) in [5, 5.41) is 1.68. The summed E-state index contributed by atoms with van der Waals surface area (Å²) in [5.41, 5.74) is 1.18. The molecule has 84 valence electrons. The smallest absolute Gasteiger partial charge is 0.122 e. The Hall–Kier alpha value is -0.210. The third-order valence-corrected chi connectivity index (χ3v) is 3.49. The largest absolute Gasteiger partial charge is 0.496 e. The number of methoxy groups -OCH3 is 1. The molecule has 0 saturated carbocycles. The van der Waals surface area contributed by atoms with Crippen molar-refractivity contribution in [1.82, 2.24) is 0 Å². The summed E-state index contributed by atoms with van der Waals surface area (Å²) in [6.45, 7) is 4.40. The van der Waals surface area contributed by atoms with Gasteiger partial charge in [0.1, 0.15) is 5.75 Å². The molecule has 1 atom stereocenters. The summed E-state index contributed by atoms with van der Waals surface area (Å²) in [6.07, 6.45) is 0. The second kappa shape index (κ2) is 5.76. The van der Waals surface area contributed by atoms with Gasteiger partial charge in [-0.1, -0.05) is 41.4 Å². The van der Waals surface area contributed by atoms with Gasteiger partial charge in [0, 0.05) is 10.4 Å². The van der Waals surface area contributed by atoms with Crippen LogP contribution in [0.5, 0.6) is 5.75 Å². The fourth-order valence-corrected chi connectivity index (χ4v) is 2.89. The van der Waals surface area contributed by atoms with Crippen LogP contribution in [0.3, 0.4) is 0 Å². The molecule has 0 heterocycles. The number of halogens is 2. The van der Waals surface area contributed by atoms with Crippen molar-refractivity contribution in [3.05, 3.63) is 28.8 Å². The Labute approximate surface area is 105 Å². The van der Waals surface area contributed by atoms with Crippen LogP contribution in [0.4, 0.5) is 0 Å². The summed E-state index contributed by atoms with van der Waals surface area (Å²) in [6, 6.07) is 5.78. The lowest BCUT2D eigenvalue weighted by molar-refractivity contribution is 0.400. The van der Waals surface area contributed by atoms with E-state index in [1.54, 1.807) is 7.11 Å². The summed E-state index contributed by atoms with van der Waals surface area (Å²) < 4.78 is 5.35. The minimum absolute atomic E-state index is 0.429. The molecule has 0 radical (unpaired) electrons. The van der Waals surface area contributed by atoms with Crippen LogP contribution in [0, 0.1) is 5.92 Å². The van der Waals surface area contributed by atoms with Gasteiger partial charge in [-0.2, -0.15) is 0 Å². The molecule has 1 aromatic carbocycles. The highest BCUT2D eigenvalue weighted by Gasteiger charge is 2.18. The summed E-state index contributed by atoms with van der Waals surface area (Å²) in [5.74, 6) is 1.90. The van der Waals surface area contributed by atoms with Gasteiger partial charge in [0.15, 0.2) is 0 Å². The molecule has 0 spiro atoms. The van der Waals surface area contributed by atoms with Crippen LogP contribution in [0.2, 0.25) is 5.02 Å². The Bertz CT molecular complexity index is 325. The van der Waals surface area contributed by atoms with E-state index < -0.39 is 0 Å². The van der Waals surface area contributed by atoms with E-state index in [2.05, 4.69) is 29.8 Å². The molecule has 0 aliphatic carbocycles. The van der Waals surface area contributed by atoms with Gasteiger partial charge in [-0.15, -0.1) is 0 Å². The molecule has 1 rings (SSSR count). The van der Waals surface area contributed by atoms with Gasteiger partial charge in [-0.05, 0) is 35.6 Å². The Morgan fingerprint density at radius 3 is 2.53 bits per heavy atom. The van der Waals surface area contributed by atoms with Gasteiger partial charge < -0.3 is 4.74 Å². The SMILES string of the molecule is COc1ccc(Cl)cc1C(CBr)C(C)C.